The summed E-state index contributed by atoms with van der Waals surface area (Å²) >= 11 is 6.46. The second-order valence-corrected chi connectivity index (χ2v) is 9.21. The monoisotopic (exact) mass is 458 g/mol. The molecule has 2 atom stereocenters. The highest BCUT2D eigenvalue weighted by Gasteiger charge is 2.42. The van der Waals surface area contributed by atoms with Crippen LogP contribution in [0.3, 0.4) is 0 Å². The lowest BCUT2D eigenvalue weighted by molar-refractivity contribution is -0.150. The van der Waals surface area contributed by atoms with Gasteiger partial charge >= 0.3 is 5.97 Å². The minimum Gasteiger partial charge on any atom is -0.480 e. The van der Waals surface area contributed by atoms with Gasteiger partial charge in [0.05, 0.1) is 10.6 Å². The fourth-order valence-corrected chi connectivity index (χ4v) is 3.94. The number of carboxylic acids is 1. The highest BCUT2D eigenvalue weighted by molar-refractivity contribution is 6.35. The van der Waals surface area contributed by atoms with Crippen molar-refractivity contribution >= 4 is 29.4 Å². The van der Waals surface area contributed by atoms with Gasteiger partial charge in [-0.1, -0.05) is 56.6 Å². The maximum absolute atomic E-state index is 13.3. The molecule has 0 saturated carbocycles. The number of carboxylic acid groups (broad SMARTS) is 1. The molecule has 7 nitrogen and oxygen atoms in total. The largest absolute Gasteiger partial charge is 0.480 e. The molecule has 3 rings (SSSR count). The summed E-state index contributed by atoms with van der Waals surface area (Å²) in [5, 5.41) is 12.4. The first kappa shape index (κ1) is 23.6. The van der Waals surface area contributed by atoms with Crippen molar-refractivity contribution in [1.29, 1.82) is 0 Å². The van der Waals surface area contributed by atoms with Crippen molar-refractivity contribution in [2.45, 2.75) is 45.7 Å². The molecular weight excluding hydrogens is 432 g/mol. The number of nitrogens with one attached hydrogen (secondary N) is 1. The van der Waals surface area contributed by atoms with Crippen molar-refractivity contribution in [3.63, 3.8) is 0 Å². The van der Waals surface area contributed by atoms with Crippen LogP contribution in [0.25, 0.3) is 0 Å². The number of aliphatic carboxylic acids is 1. The van der Waals surface area contributed by atoms with E-state index in [1.165, 1.54) is 4.90 Å². The van der Waals surface area contributed by atoms with Gasteiger partial charge in [0.2, 0.25) is 5.91 Å². The quantitative estimate of drug-likeness (QED) is 0.670. The molecule has 1 saturated heterocycles. The molecule has 1 heterocycles. The number of hydrogen-bond acceptors (Lipinski definition) is 4. The highest BCUT2D eigenvalue weighted by Crippen LogP contribution is 2.33. The number of carbonyl (C=O) groups is 3. The van der Waals surface area contributed by atoms with Crippen LogP contribution >= 0.6 is 11.6 Å². The maximum Gasteiger partial charge on any atom is 0.326 e. The first-order valence-electron chi connectivity index (χ1n) is 10.4. The van der Waals surface area contributed by atoms with Crippen LogP contribution in [0.4, 0.5) is 0 Å². The molecule has 1 aliphatic heterocycles. The van der Waals surface area contributed by atoms with E-state index < -0.39 is 35.3 Å². The smallest absolute Gasteiger partial charge is 0.326 e. The molecule has 2 aromatic rings. The number of hydrogen-bond donors (Lipinski definition) is 2. The molecule has 0 unspecified atom stereocenters. The van der Waals surface area contributed by atoms with Crippen molar-refractivity contribution in [3.8, 4) is 11.5 Å². The predicted octanol–water partition coefficient (Wildman–Crippen LogP) is 4.35. The standard InChI is InChI=1S/C24H27ClN2O5/c1-24(2,3)20(22(29)27-14-8-12-17(27)23(30)31)26-21(28)16-11-7-13-18(19(16)25)32-15-9-5-4-6-10-15/h4-7,9-11,13,17,20H,8,12,14H2,1-3H3,(H,26,28)(H,30,31)/t17-,20+/m0/s1. The summed E-state index contributed by atoms with van der Waals surface area (Å²) in [6.45, 7) is 5.80. The third-order valence-electron chi connectivity index (χ3n) is 5.39. The predicted molar refractivity (Wildman–Crippen MR) is 121 cm³/mol. The first-order valence-corrected chi connectivity index (χ1v) is 10.8. The Morgan fingerprint density at radius 1 is 1.12 bits per heavy atom. The molecule has 0 bridgehead atoms. The molecule has 0 spiro atoms. The Morgan fingerprint density at radius 2 is 1.81 bits per heavy atom. The molecule has 0 radical (unpaired) electrons. The van der Waals surface area contributed by atoms with E-state index in [1.807, 2.05) is 39.0 Å². The van der Waals surface area contributed by atoms with Crippen molar-refractivity contribution < 1.29 is 24.2 Å². The zero-order valence-corrected chi connectivity index (χ0v) is 19.1. The van der Waals surface area contributed by atoms with Crippen LogP contribution in [0.1, 0.15) is 44.0 Å². The van der Waals surface area contributed by atoms with Crippen LogP contribution in [0.15, 0.2) is 48.5 Å². The van der Waals surface area contributed by atoms with Crippen molar-refractivity contribution in [1.82, 2.24) is 10.2 Å². The fraction of sp³-hybridized carbons (Fsp3) is 0.375. The van der Waals surface area contributed by atoms with Crippen LogP contribution in [-0.4, -0.2) is 46.4 Å². The van der Waals surface area contributed by atoms with E-state index >= 15 is 0 Å². The Morgan fingerprint density at radius 3 is 2.44 bits per heavy atom. The highest BCUT2D eigenvalue weighted by atomic mass is 35.5. The summed E-state index contributed by atoms with van der Waals surface area (Å²) in [5.74, 6) is -1.10. The van der Waals surface area contributed by atoms with Gasteiger partial charge in [0.25, 0.3) is 5.91 Å². The maximum atomic E-state index is 13.3. The van der Waals surface area contributed by atoms with Crippen LogP contribution in [0.5, 0.6) is 11.5 Å². The van der Waals surface area contributed by atoms with E-state index in [2.05, 4.69) is 5.32 Å². The minimum atomic E-state index is -1.04. The molecular formula is C24H27ClN2O5. The third-order valence-corrected chi connectivity index (χ3v) is 5.78. The molecule has 32 heavy (non-hydrogen) atoms. The Kier molecular flexibility index (Phi) is 7.09. The van der Waals surface area contributed by atoms with Crippen molar-refractivity contribution in [2.75, 3.05) is 6.54 Å². The van der Waals surface area contributed by atoms with Crippen LogP contribution in [-0.2, 0) is 9.59 Å². The summed E-state index contributed by atoms with van der Waals surface area (Å²) in [5.41, 5.74) is -0.485. The van der Waals surface area contributed by atoms with Crippen LogP contribution in [0, 0.1) is 5.41 Å². The number of para-hydroxylation sites is 1. The molecule has 2 amide bonds. The van der Waals surface area contributed by atoms with E-state index in [-0.39, 0.29) is 10.6 Å². The zero-order chi connectivity index (χ0) is 23.5. The summed E-state index contributed by atoms with van der Waals surface area (Å²) in [7, 11) is 0. The van der Waals surface area contributed by atoms with Gasteiger partial charge in [0.1, 0.15) is 23.6 Å². The molecule has 0 aromatic heterocycles. The molecule has 2 N–H and O–H groups in total. The summed E-state index contributed by atoms with van der Waals surface area (Å²) in [4.78, 5) is 39.3. The third kappa shape index (κ3) is 5.22. The molecule has 1 fully saturated rings. The average molecular weight is 459 g/mol. The van der Waals surface area contributed by atoms with Crippen LogP contribution in [0.2, 0.25) is 5.02 Å². The van der Waals surface area contributed by atoms with E-state index in [9.17, 15) is 19.5 Å². The number of ether oxygens (including phenoxy) is 1. The van der Waals surface area contributed by atoms with Gasteiger partial charge in [-0.15, -0.1) is 0 Å². The van der Waals surface area contributed by atoms with E-state index in [0.717, 1.165) is 0 Å². The zero-order valence-electron chi connectivity index (χ0n) is 18.3. The Balaban J connectivity index is 1.83. The lowest BCUT2D eigenvalue weighted by Gasteiger charge is -2.35. The Bertz CT molecular complexity index is 1000. The van der Waals surface area contributed by atoms with Crippen molar-refractivity contribution in [3.05, 3.63) is 59.1 Å². The number of amides is 2. The normalized spacial score (nSPS) is 17.0. The van der Waals surface area contributed by atoms with Gasteiger partial charge in [-0.3, -0.25) is 9.59 Å². The molecule has 1 aliphatic rings. The lowest BCUT2D eigenvalue weighted by atomic mass is 9.85. The number of benzene rings is 2. The molecule has 170 valence electrons. The van der Waals surface area contributed by atoms with Gasteiger partial charge < -0.3 is 20.1 Å². The van der Waals surface area contributed by atoms with Gasteiger partial charge in [0, 0.05) is 6.54 Å². The second-order valence-electron chi connectivity index (χ2n) is 8.83. The number of halogens is 1. The first-order chi connectivity index (χ1) is 15.1. The number of likely N-dealkylation sites (tertiary alicyclic amines) is 1. The van der Waals surface area contributed by atoms with Gasteiger partial charge in [-0.2, -0.15) is 0 Å². The number of nitrogens with zero attached hydrogens (tertiary/aromatic N) is 1. The SMILES string of the molecule is CC(C)(C)[C@H](NC(=O)c1cccc(Oc2ccccc2)c1Cl)C(=O)N1CCC[C@H]1C(=O)O. The van der Waals surface area contributed by atoms with Gasteiger partial charge in [-0.05, 0) is 42.5 Å². The number of rotatable bonds is 6. The van der Waals surface area contributed by atoms with E-state index in [0.29, 0.717) is 30.9 Å². The summed E-state index contributed by atoms with van der Waals surface area (Å²) in [6, 6.07) is 12.1. The second kappa shape index (κ2) is 9.61. The van der Waals surface area contributed by atoms with Gasteiger partial charge in [-0.25, -0.2) is 4.79 Å². The molecule has 0 aliphatic carbocycles. The summed E-state index contributed by atoms with van der Waals surface area (Å²) in [6.07, 6.45) is 1.01. The Labute approximate surface area is 192 Å². The number of carbonyl (C=O) groups excluding carboxylic acids is 2. The molecule has 8 heteroatoms. The molecule has 2 aromatic carbocycles. The van der Waals surface area contributed by atoms with E-state index in [1.54, 1.807) is 30.3 Å². The average Bonchev–Trinajstić information content (AvgIpc) is 3.23. The van der Waals surface area contributed by atoms with Crippen molar-refractivity contribution in [2.24, 2.45) is 5.41 Å². The fourth-order valence-electron chi connectivity index (χ4n) is 3.69. The van der Waals surface area contributed by atoms with Crippen LogP contribution < -0.4 is 10.1 Å². The minimum absolute atomic E-state index is 0.124. The summed E-state index contributed by atoms with van der Waals surface area (Å²) < 4.78 is 5.79. The lowest BCUT2D eigenvalue weighted by Crippen LogP contribution is -2.56. The Hall–Kier alpha value is -3.06. The topological polar surface area (TPSA) is 95.9 Å². The van der Waals surface area contributed by atoms with Gasteiger partial charge in [0.15, 0.2) is 0 Å². The van der Waals surface area contributed by atoms with E-state index in [4.69, 9.17) is 16.3 Å².